The van der Waals surface area contributed by atoms with E-state index in [-0.39, 0.29) is 5.91 Å². The van der Waals surface area contributed by atoms with E-state index in [0.717, 1.165) is 48.9 Å². The normalized spacial score (nSPS) is 14.6. The molecule has 0 aliphatic carbocycles. The summed E-state index contributed by atoms with van der Waals surface area (Å²) in [7, 11) is 2.08. The van der Waals surface area contributed by atoms with Crippen LogP contribution >= 0.6 is 0 Å². The summed E-state index contributed by atoms with van der Waals surface area (Å²) in [5, 5.41) is 3.34. The van der Waals surface area contributed by atoms with Crippen LogP contribution in [0, 0.1) is 13.8 Å². The predicted octanol–water partition coefficient (Wildman–Crippen LogP) is 3.89. The molecule has 1 saturated heterocycles. The summed E-state index contributed by atoms with van der Waals surface area (Å²) in [5.74, 6) is 1.53. The number of aryl methyl sites for hydroxylation is 2. The lowest BCUT2D eigenvalue weighted by Crippen LogP contribution is -2.47. The van der Waals surface area contributed by atoms with Crippen molar-refractivity contribution in [2.75, 3.05) is 38.5 Å². The van der Waals surface area contributed by atoms with Crippen molar-refractivity contribution in [1.82, 2.24) is 19.8 Å². The number of amides is 1. The number of anilines is 2. The highest BCUT2D eigenvalue weighted by Gasteiger charge is 2.20. The molecule has 2 heterocycles. The molecule has 0 spiro atoms. The van der Waals surface area contributed by atoms with Gasteiger partial charge in [0.15, 0.2) is 0 Å². The smallest absolute Gasteiger partial charge is 0.253 e. The standard InChI is InChI=1S/C24H27N5O/c1-17-4-6-19(7-5-17)22-16-23(26-18(2)25-22)27-21-10-8-20(9-11-21)24(30)29-14-12-28(3)13-15-29/h4-11,16H,12-15H2,1-3H3,(H,25,26,27). The van der Waals surface area contributed by atoms with E-state index in [4.69, 9.17) is 0 Å². The number of piperazine rings is 1. The van der Waals surface area contributed by atoms with Crippen LogP contribution in [0.4, 0.5) is 11.5 Å². The first-order chi connectivity index (χ1) is 14.5. The molecular weight excluding hydrogens is 374 g/mol. The van der Waals surface area contributed by atoms with Gasteiger partial charge in [0.05, 0.1) is 5.69 Å². The van der Waals surface area contributed by atoms with Gasteiger partial charge in [0.1, 0.15) is 11.6 Å². The van der Waals surface area contributed by atoms with Gasteiger partial charge < -0.3 is 15.1 Å². The number of nitrogens with zero attached hydrogens (tertiary/aromatic N) is 4. The number of likely N-dealkylation sites (N-methyl/N-ethyl adjacent to an activating group) is 1. The number of hydrogen-bond donors (Lipinski definition) is 1. The summed E-state index contributed by atoms with van der Waals surface area (Å²) in [6.45, 7) is 7.35. The maximum absolute atomic E-state index is 12.7. The average molecular weight is 402 g/mol. The monoisotopic (exact) mass is 401 g/mol. The largest absolute Gasteiger partial charge is 0.340 e. The highest BCUT2D eigenvalue weighted by molar-refractivity contribution is 5.94. The van der Waals surface area contributed by atoms with Crippen molar-refractivity contribution in [3.8, 4) is 11.3 Å². The molecule has 4 rings (SSSR count). The molecule has 1 aromatic heterocycles. The molecule has 1 fully saturated rings. The summed E-state index contributed by atoms with van der Waals surface area (Å²) in [6, 6.07) is 17.8. The van der Waals surface area contributed by atoms with Crippen LogP contribution in [-0.2, 0) is 0 Å². The van der Waals surface area contributed by atoms with Crippen LogP contribution in [0.15, 0.2) is 54.6 Å². The molecule has 6 heteroatoms. The second kappa shape index (κ2) is 8.63. The Bertz CT molecular complexity index is 1020. The van der Waals surface area contributed by atoms with E-state index in [1.807, 2.05) is 42.2 Å². The van der Waals surface area contributed by atoms with E-state index in [1.54, 1.807) is 0 Å². The Hall–Kier alpha value is -3.25. The van der Waals surface area contributed by atoms with Crippen molar-refractivity contribution >= 4 is 17.4 Å². The van der Waals surface area contributed by atoms with Gasteiger partial charge in [-0.1, -0.05) is 29.8 Å². The highest BCUT2D eigenvalue weighted by Crippen LogP contribution is 2.23. The first kappa shape index (κ1) is 20.0. The van der Waals surface area contributed by atoms with Gasteiger partial charge in [-0.3, -0.25) is 4.79 Å². The van der Waals surface area contributed by atoms with Gasteiger partial charge in [-0.2, -0.15) is 0 Å². The van der Waals surface area contributed by atoms with Gasteiger partial charge in [-0.05, 0) is 45.2 Å². The molecule has 1 aliphatic rings. The first-order valence-electron chi connectivity index (χ1n) is 10.3. The van der Waals surface area contributed by atoms with E-state index in [9.17, 15) is 4.79 Å². The van der Waals surface area contributed by atoms with Gasteiger partial charge in [0.2, 0.25) is 0 Å². The summed E-state index contributed by atoms with van der Waals surface area (Å²) in [6.07, 6.45) is 0. The zero-order valence-corrected chi connectivity index (χ0v) is 17.7. The molecule has 1 amide bonds. The van der Waals surface area contributed by atoms with Crippen molar-refractivity contribution in [3.05, 3.63) is 71.5 Å². The molecule has 0 atom stereocenters. The van der Waals surface area contributed by atoms with Crippen LogP contribution in [0.25, 0.3) is 11.3 Å². The minimum Gasteiger partial charge on any atom is -0.340 e. The SMILES string of the molecule is Cc1ccc(-c2cc(Nc3ccc(C(=O)N4CCN(C)CC4)cc3)nc(C)n2)cc1. The van der Waals surface area contributed by atoms with Crippen LogP contribution in [0.3, 0.4) is 0 Å². The fourth-order valence-corrected chi connectivity index (χ4v) is 3.54. The van der Waals surface area contributed by atoms with E-state index in [1.165, 1.54) is 5.56 Å². The summed E-state index contributed by atoms with van der Waals surface area (Å²) in [4.78, 5) is 25.9. The first-order valence-corrected chi connectivity index (χ1v) is 10.3. The fourth-order valence-electron chi connectivity index (χ4n) is 3.54. The van der Waals surface area contributed by atoms with Crippen LogP contribution < -0.4 is 5.32 Å². The predicted molar refractivity (Wildman–Crippen MR) is 120 cm³/mol. The van der Waals surface area contributed by atoms with Crippen molar-refractivity contribution in [3.63, 3.8) is 0 Å². The lowest BCUT2D eigenvalue weighted by Gasteiger charge is -2.32. The molecule has 154 valence electrons. The lowest BCUT2D eigenvalue weighted by atomic mass is 10.1. The minimum absolute atomic E-state index is 0.0918. The van der Waals surface area contributed by atoms with Crippen molar-refractivity contribution in [2.45, 2.75) is 13.8 Å². The van der Waals surface area contributed by atoms with Gasteiger partial charge in [-0.25, -0.2) is 9.97 Å². The van der Waals surface area contributed by atoms with E-state index in [0.29, 0.717) is 11.4 Å². The molecule has 0 bridgehead atoms. The van der Waals surface area contributed by atoms with Gasteiger partial charge in [0, 0.05) is 49.1 Å². The minimum atomic E-state index is 0.0918. The van der Waals surface area contributed by atoms with Crippen molar-refractivity contribution < 1.29 is 4.79 Å². The van der Waals surface area contributed by atoms with Crippen LogP contribution in [0.1, 0.15) is 21.7 Å². The third-order valence-corrected chi connectivity index (χ3v) is 5.38. The molecule has 2 aromatic carbocycles. The second-order valence-electron chi connectivity index (χ2n) is 7.85. The number of nitrogens with one attached hydrogen (secondary N) is 1. The molecule has 0 radical (unpaired) electrons. The van der Waals surface area contributed by atoms with Gasteiger partial charge >= 0.3 is 0 Å². The third kappa shape index (κ3) is 4.66. The zero-order valence-electron chi connectivity index (χ0n) is 17.7. The molecule has 30 heavy (non-hydrogen) atoms. The lowest BCUT2D eigenvalue weighted by molar-refractivity contribution is 0.0664. The molecule has 1 aliphatic heterocycles. The van der Waals surface area contributed by atoms with Crippen molar-refractivity contribution in [1.29, 1.82) is 0 Å². The fraction of sp³-hybridized carbons (Fsp3) is 0.292. The highest BCUT2D eigenvalue weighted by atomic mass is 16.2. The summed E-state index contributed by atoms with van der Waals surface area (Å²) >= 11 is 0. The molecule has 0 unspecified atom stereocenters. The van der Waals surface area contributed by atoms with Crippen LogP contribution in [0.2, 0.25) is 0 Å². The van der Waals surface area contributed by atoms with Gasteiger partial charge in [0.25, 0.3) is 5.91 Å². The van der Waals surface area contributed by atoms with E-state index in [2.05, 4.69) is 58.4 Å². The Morgan fingerprint density at radius 1 is 0.900 bits per heavy atom. The number of aromatic nitrogens is 2. The Kier molecular flexibility index (Phi) is 5.77. The van der Waals surface area contributed by atoms with E-state index >= 15 is 0 Å². The number of carbonyl (C=O) groups excluding carboxylic acids is 1. The Balaban J connectivity index is 1.48. The summed E-state index contributed by atoms with van der Waals surface area (Å²) in [5.41, 5.74) is 4.76. The number of rotatable bonds is 4. The topological polar surface area (TPSA) is 61.4 Å². The maximum atomic E-state index is 12.7. The Morgan fingerprint density at radius 2 is 1.57 bits per heavy atom. The third-order valence-electron chi connectivity index (χ3n) is 5.38. The maximum Gasteiger partial charge on any atom is 0.253 e. The Labute approximate surface area is 177 Å². The molecular formula is C24H27N5O. The van der Waals surface area contributed by atoms with Crippen LogP contribution in [0.5, 0.6) is 0 Å². The number of carbonyl (C=O) groups is 1. The molecule has 1 N–H and O–H groups in total. The van der Waals surface area contributed by atoms with Crippen LogP contribution in [-0.4, -0.2) is 58.9 Å². The molecule has 6 nitrogen and oxygen atoms in total. The number of hydrogen-bond acceptors (Lipinski definition) is 5. The molecule has 0 saturated carbocycles. The quantitative estimate of drug-likeness (QED) is 0.719. The van der Waals surface area contributed by atoms with Crippen molar-refractivity contribution in [2.24, 2.45) is 0 Å². The number of benzene rings is 2. The average Bonchev–Trinajstić information content (AvgIpc) is 2.74. The zero-order chi connectivity index (χ0) is 21.1. The molecule has 3 aromatic rings. The van der Waals surface area contributed by atoms with Gasteiger partial charge in [-0.15, -0.1) is 0 Å². The summed E-state index contributed by atoms with van der Waals surface area (Å²) < 4.78 is 0. The second-order valence-corrected chi connectivity index (χ2v) is 7.85. The Morgan fingerprint density at radius 3 is 2.23 bits per heavy atom. The van der Waals surface area contributed by atoms with E-state index < -0.39 is 0 Å².